The fraction of sp³-hybridized carbons (Fsp3) is 0.294. The number of hydrogen-bond donors (Lipinski definition) is 2. The van der Waals surface area contributed by atoms with Crippen molar-refractivity contribution in [3.8, 4) is 0 Å². The van der Waals surface area contributed by atoms with Gasteiger partial charge >= 0.3 is 0 Å². The first-order valence-electron chi connectivity index (χ1n) is 7.01. The molecule has 0 bridgehead atoms. The summed E-state index contributed by atoms with van der Waals surface area (Å²) in [7, 11) is 0. The highest BCUT2D eigenvalue weighted by molar-refractivity contribution is 9.09. The molecule has 3 N–H and O–H groups in total. The molecular formula is C17H21BrN2. The predicted octanol–water partition coefficient (Wildman–Crippen LogP) is 3.96. The number of rotatable bonds is 0. The highest BCUT2D eigenvalue weighted by Crippen LogP contribution is 2.26. The average Bonchev–Trinajstić information content (AvgIpc) is 2.81. The van der Waals surface area contributed by atoms with E-state index in [0.717, 1.165) is 18.7 Å². The highest BCUT2D eigenvalue weighted by atomic mass is 79.9. The van der Waals surface area contributed by atoms with Crippen LogP contribution in [0.3, 0.4) is 0 Å². The van der Waals surface area contributed by atoms with Crippen molar-refractivity contribution in [3.63, 3.8) is 0 Å². The number of hydrogen-bond acceptors (Lipinski definition) is 2. The molecule has 106 valence electrons. The number of nitrogens with two attached hydrogens (primary N) is 1. The van der Waals surface area contributed by atoms with Crippen LogP contribution in [0, 0.1) is 0 Å². The van der Waals surface area contributed by atoms with E-state index < -0.39 is 0 Å². The van der Waals surface area contributed by atoms with Crippen LogP contribution < -0.4 is 11.1 Å². The minimum absolute atomic E-state index is 0.344. The minimum atomic E-state index is 0.344. The fourth-order valence-electron chi connectivity index (χ4n) is 2.22. The van der Waals surface area contributed by atoms with E-state index in [0.29, 0.717) is 4.95 Å². The van der Waals surface area contributed by atoms with Gasteiger partial charge in [-0.25, -0.2) is 0 Å². The Kier molecular flexibility index (Phi) is 6.09. The molecule has 0 amide bonds. The lowest BCUT2D eigenvalue weighted by Crippen LogP contribution is -2.15. The van der Waals surface area contributed by atoms with Gasteiger partial charge in [-0.1, -0.05) is 64.5 Å². The molecule has 0 aromatic heterocycles. The first-order valence-corrected chi connectivity index (χ1v) is 7.93. The minimum Gasteiger partial charge on any atom is -0.399 e. The Labute approximate surface area is 129 Å². The maximum atomic E-state index is 5.47. The molecule has 0 spiro atoms. The quantitative estimate of drug-likeness (QED) is 0.557. The zero-order valence-corrected chi connectivity index (χ0v) is 13.1. The first kappa shape index (κ1) is 15.1. The lowest BCUT2D eigenvalue weighted by atomic mass is 10.0. The van der Waals surface area contributed by atoms with Crippen LogP contribution in [0.15, 0.2) is 60.3 Å². The van der Waals surface area contributed by atoms with Gasteiger partial charge in [0.2, 0.25) is 0 Å². The summed E-state index contributed by atoms with van der Waals surface area (Å²) in [5.41, 5.74) is 9.20. The van der Waals surface area contributed by atoms with Gasteiger partial charge in [-0.15, -0.1) is 0 Å². The SMILES string of the molecule is BrC1NCCCc2ccccc21.NC1=CCC=CC=C1. The standard InChI is InChI=1S/C10H12BrN.C7H9N/c11-10-9-6-2-1-4-8(9)5-3-7-12-10;8-7-5-3-1-2-4-6-7/h1-2,4,6,10,12H,3,5,7H2;1-3,5-6H,4,8H2. The van der Waals surface area contributed by atoms with E-state index in [1.54, 1.807) is 0 Å². The topological polar surface area (TPSA) is 38.0 Å². The van der Waals surface area contributed by atoms with Gasteiger partial charge in [0.05, 0.1) is 4.95 Å². The second kappa shape index (κ2) is 8.08. The monoisotopic (exact) mass is 332 g/mol. The molecule has 1 aliphatic carbocycles. The third kappa shape index (κ3) is 4.66. The highest BCUT2D eigenvalue weighted by Gasteiger charge is 2.13. The zero-order valence-electron chi connectivity index (χ0n) is 11.6. The van der Waals surface area contributed by atoms with Gasteiger partial charge in [0, 0.05) is 5.70 Å². The molecule has 1 heterocycles. The normalized spacial score (nSPS) is 20.9. The third-order valence-corrected chi connectivity index (χ3v) is 4.12. The van der Waals surface area contributed by atoms with Gasteiger partial charge in [-0.3, -0.25) is 0 Å². The van der Waals surface area contributed by atoms with Crippen LogP contribution in [0.2, 0.25) is 0 Å². The second-order valence-electron chi connectivity index (χ2n) is 4.85. The molecule has 3 rings (SSSR count). The molecule has 1 atom stereocenters. The largest absolute Gasteiger partial charge is 0.399 e. The molecule has 1 aromatic rings. The number of fused-ring (bicyclic) bond motifs is 1. The van der Waals surface area contributed by atoms with E-state index in [1.807, 2.05) is 24.3 Å². The van der Waals surface area contributed by atoms with Crippen molar-refractivity contribution >= 4 is 15.9 Å². The molecule has 2 nitrogen and oxygen atoms in total. The Morgan fingerprint density at radius 2 is 2.05 bits per heavy atom. The summed E-state index contributed by atoms with van der Waals surface area (Å²) in [4.78, 5) is 0.344. The molecule has 20 heavy (non-hydrogen) atoms. The van der Waals surface area contributed by atoms with Crippen molar-refractivity contribution in [2.75, 3.05) is 6.54 Å². The molecule has 0 fully saturated rings. The summed E-state index contributed by atoms with van der Waals surface area (Å²) < 4.78 is 0. The molecule has 2 aliphatic rings. The Hall–Kier alpha value is -1.32. The maximum Gasteiger partial charge on any atom is 0.0889 e. The lowest BCUT2D eigenvalue weighted by Gasteiger charge is -2.10. The van der Waals surface area contributed by atoms with Crippen molar-refractivity contribution < 1.29 is 0 Å². The first-order chi connectivity index (χ1) is 9.77. The summed E-state index contributed by atoms with van der Waals surface area (Å²) in [6, 6.07) is 8.62. The van der Waals surface area contributed by atoms with Crippen molar-refractivity contribution in [1.82, 2.24) is 5.32 Å². The van der Waals surface area contributed by atoms with E-state index in [-0.39, 0.29) is 0 Å². The van der Waals surface area contributed by atoms with Crippen molar-refractivity contribution in [2.24, 2.45) is 5.73 Å². The van der Waals surface area contributed by atoms with Gasteiger partial charge in [-0.05, 0) is 43.0 Å². The summed E-state index contributed by atoms with van der Waals surface area (Å²) in [5.74, 6) is 0. The smallest absolute Gasteiger partial charge is 0.0889 e. The molecule has 0 saturated heterocycles. The summed E-state index contributed by atoms with van der Waals surface area (Å²) in [6.45, 7) is 1.10. The predicted molar refractivity (Wildman–Crippen MR) is 89.6 cm³/mol. The maximum absolute atomic E-state index is 5.47. The molecule has 1 aromatic carbocycles. The number of aryl methyl sites for hydroxylation is 1. The Morgan fingerprint density at radius 3 is 2.95 bits per heavy atom. The lowest BCUT2D eigenvalue weighted by molar-refractivity contribution is 0.676. The second-order valence-corrected chi connectivity index (χ2v) is 5.76. The van der Waals surface area contributed by atoms with Crippen molar-refractivity contribution in [1.29, 1.82) is 0 Å². The Bertz CT molecular complexity index is 515. The van der Waals surface area contributed by atoms with E-state index in [1.165, 1.54) is 24.0 Å². The van der Waals surface area contributed by atoms with Gasteiger partial charge in [0.25, 0.3) is 0 Å². The fourth-order valence-corrected chi connectivity index (χ4v) is 2.90. The van der Waals surface area contributed by atoms with Gasteiger partial charge in [0.15, 0.2) is 0 Å². The third-order valence-electron chi connectivity index (χ3n) is 3.30. The van der Waals surface area contributed by atoms with Crippen LogP contribution in [0.4, 0.5) is 0 Å². The van der Waals surface area contributed by atoms with Crippen molar-refractivity contribution in [2.45, 2.75) is 24.2 Å². The summed E-state index contributed by atoms with van der Waals surface area (Å²) in [6.07, 6.45) is 13.3. The van der Waals surface area contributed by atoms with Crippen LogP contribution in [0.1, 0.15) is 28.9 Å². The molecule has 1 unspecified atom stereocenters. The van der Waals surface area contributed by atoms with Gasteiger partial charge in [0.1, 0.15) is 0 Å². The van der Waals surface area contributed by atoms with E-state index in [2.05, 4.69) is 51.6 Å². The van der Waals surface area contributed by atoms with Crippen LogP contribution >= 0.6 is 15.9 Å². The van der Waals surface area contributed by atoms with E-state index >= 15 is 0 Å². The Balaban J connectivity index is 0.000000160. The molecule has 0 radical (unpaired) electrons. The van der Waals surface area contributed by atoms with Crippen molar-refractivity contribution in [3.05, 3.63) is 71.5 Å². The summed E-state index contributed by atoms with van der Waals surface area (Å²) >= 11 is 3.63. The molecule has 3 heteroatoms. The number of alkyl halides is 1. The summed E-state index contributed by atoms with van der Waals surface area (Å²) in [5, 5.41) is 3.42. The van der Waals surface area contributed by atoms with Gasteiger partial charge in [-0.2, -0.15) is 0 Å². The van der Waals surface area contributed by atoms with Crippen LogP contribution in [-0.4, -0.2) is 6.54 Å². The molecule has 1 aliphatic heterocycles. The number of nitrogens with one attached hydrogen (secondary N) is 1. The van der Waals surface area contributed by atoms with E-state index in [4.69, 9.17) is 5.73 Å². The van der Waals surface area contributed by atoms with Crippen LogP contribution in [0.25, 0.3) is 0 Å². The number of halogens is 1. The zero-order chi connectivity index (χ0) is 14.2. The Morgan fingerprint density at radius 1 is 1.20 bits per heavy atom. The number of allylic oxidation sites excluding steroid dienone is 5. The molecule has 0 saturated carbocycles. The van der Waals surface area contributed by atoms with E-state index in [9.17, 15) is 0 Å². The van der Waals surface area contributed by atoms with Gasteiger partial charge < -0.3 is 11.1 Å². The number of benzene rings is 1. The average molecular weight is 333 g/mol. The van der Waals surface area contributed by atoms with Crippen LogP contribution in [0.5, 0.6) is 0 Å². The molecular weight excluding hydrogens is 312 g/mol. The van der Waals surface area contributed by atoms with Crippen LogP contribution in [-0.2, 0) is 6.42 Å².